The van der Waals surface area contributed by atoms with Crippen LogP contribution < -0.4 is 0 Å². The summed E-state index contributed by atoms with van der Waals surface area (Å²) in [6.45, 7) is 1.96. The van der Waals surface area contributed by atoms with Crippen molar-refractivity contribution in [2.75, 3.05) is 0 Å². The Kier molecular flexibility index (Phi) is 3.56. The first-order chi connectivity index (χ1) is 9.56. The Morgan fingerprint density at radius 3 is 2.70 bits per heavy atom. The fourth-order valence-corrected chi connectivity index (χ4v) is 2.62. The maximum Gasteiger partial charge on any atom is 0.228 e. The molecule has 2 nitrogen and oxygen atoms in total. The number of fused-ring (bicyclic) bond motifs is 1. The second-order valence-corrected chi connectivity index (χ2v) is 6.13. The van der Waals surface area contributed by atoms with Crippen molar-refractivity contribution in [3.63, 3.8) is 0 Å². The van der Waals surface area contributed by atoms with Gasteiger partial charge >= 0.3 is 0 Å². The summed E-state index contributed by atoms with van der Waals surface area (Å²) in [6, 6.07) is 12.9. The Morgan fingerprint density at radius 2 is 2.00 bits per heavy atom. The number of hydrogen-bond acceptors (Lipinski definition) is 2. The molecule has 0 spiro atoms. The van der Waals surface area contributed by atoms with E-state index in [2.05, 4.69) is 22.6 Å². The number of hydrogen-bond donors (Lipinski definition) is 0. The molecule has 3 rings (SSSR count). The first kappa shape index (κ1) is 13.6. The van der Waals surface area contributed by atoms with E-state index in [1.54, 1.807) is 18.2 Å². The van der Waals surface area contributed by atoms with E-state index in [9.17, 15) is 4.79 Å². The van der Waals surface area contributed by atoms with E-state index in [0.717, 1.165) is 20.1 Å². The number of halogens is 2. The lowest BCUT2D eigenvalue weighted by Crippen LogP contribution is -1.99. The molecule has 0 unspecified atom stereocenters. The summed E-state index contributed by atoms with van der Waals surface area (Å²) in [5, 5.41) is 1.51. The number of aryl methyl sites for hydroxylation is 1. The lowest BCUT2D eigenvalue weighted by atomic mass is 10.1. The van der Waals surface area contributed by atoms with Gasteiger partial charge in [0.15, 0.2) is 5.76 Å². The van der Waals surface area contributed by atoms with Crippen LogP contribution >= 0.6 is 34.2 Å². The molecule has 0 atom stereocenters. The minimum Gasteiger partial charge on any atom is -0.452 e. The van der Waals surface area contributed by atoms with E-state index in [1.165, 1.54) is 0 Å². The van der Waals surface area contributed by atoms with Crippen molar-refractivity contribution in [1.29, 1.82) is 0 Å². The molecule has 0 aliphatic carbocycles. The molecular weight excluding hydrogens is 387 g/mol. The summed E-state index contributed by atoms with van der Waals surface area (Å²) in [6.07, 6.45) is 0. The van der Waals surface area contributed by atoms with Gasteiger partial charge in [-0.2, -0.15) is 0 Å². The molecule has 1 heterocycles. The van der Waals surface area contributed by atoms with Crippen LogP contribution in [0.2, 0.25) is 5.02 Å². The number of rotatable bonds is 2. The highest BCUT2D eigenvalue weighted by molar-refractivity contribution is 14.1. The monoisotopic (exact) mass is 396 g/mol. The van der Waals surface area contributed by atoms with Crippen LogP contribution in [-0.4, -0.2) is 5.78 Å². The predicted octanol–water partition coefficient (Wildman–Crippen LogP) is 5.23. The molecule has 100 valence electrons. The Morgan fingerprint density at radius 1 is 1.20 bits per heavy atom. The van der Waals surface area contributed by atoms with Crippen LogP contribution in [0.1, 0.15) is 21.7 Å². The fraction of sp³-hybridized carbons (Fsp3) is 0.0625. The Labute approximate surface area is 134 Å². The maximum atomic E-state index is 12.4. The van der Waals surface area contributed by atoms with E-state index in [4.69, 9.17) is 16.0 Å². The zero-order valence-electron chi connectivity index (χ0n) is 10.6. The predicted molar refractivity (Wildman–Crippen MR) is 88.6 cm³/mol. The molecule has 0 fully saturated rings. The van der Waals surface area contributed by atoms with Gasteiger partial charge in [-0.15, -0.1) is 0 Å². The second kappa shape index (κ2) is 5.22. The number of carbonyl (C=O) groups is 1. The van der Waals surface area contributed by atoms with Crippen molar-refractivity contribution in [2.45, 2.75) is 6.92 Å². The topological polar surface area (TPSA) is 30.2 Å². The minimum atomic E-state index is -0.154. The zero-order chi connectivity index (χ0) is 14.3. The van der Waals surface area contributed by atoms with Crippen molar-refractivity contribution >= 4 is 50.9 Å². The number of para-hydroxylation sites is 1. The van der Waals surface area contributed by atoms with Crippen LogP contribution in [0.15, 0.2) is 46.9 Å². The van der Waals surface area contributed by atoms with Crippen molar-refractivity contribution in [1.82, 2.24) is 0 Å². The maximum absolute atomic E-state index is 12.4. The van der Waals surface area contributed by atoms with E-state index < -0.39 is 0 Å². The summed E-state index contributed by atoms with van der Waals surface area (Å²) < 4.78 is 6.61. The third-order valence-electron chi connectivity index (χ3n) is 3.15. The molecule has 0 saturated heterocycles. The molecule has 0 saturated carbocycles. The zero-order valence-corrected chi connectivity index (χ0v) is 13.5. The standard InChI is InChI=1S/C16H10ClIO2/c1-9-3-2-4-11-8-14(20-16(9)11)15(19)10-5-6-13(18)12(17)7-10/h2-8H,1H3. The third-order valence-corrected chi connectivity index (χ3v) is 4.72. The molecule has 20 heavy (non-hydrogen) atoms. The number of carbonyl (C=O) groups excluding carboxylic acids is 1. The van der Waals surface area contributed by atoms with Crippen LogP contribution in [0, 0.1) is 10.5 Å². The molecule has 2 aromatic carbocycles. The summed E-state index contributed by atoms with van der Waals surface area (Å²) in [4.78, 5) is 12.4. The molecule has 0 radical (unpaired) electrons. The summed E-state index contributed by atoms with van der Waals surface area (Å²) >= 11 is 8.19. The van der Waals surface area contributed by atoms with Gasteiger partial charge in [0.2, 0.25) is 5.78 Å². The highest BCUT2D eigenvalue weighted by atomic mass is 127. The quantitative estimate of drug-likeness (QED) is 0.438. The van der Waals surface area contributed by atoms with E-state index >= 15 is 0 Å². The van der Waals surface area contributed by atoms with Crippen LogP contribution in [0.25, 0.3) is 11.0 Å². The number of benzene rings is 2. The molecule has 0 aliphatic heterocycles. The second-order valence-electron chi connectivity index (χ2n) is 4.56. The Bertz CT molecular complexity index is 820. The average Bonchev–Trinajstić information content (AvgIpc) is 2.86. The molecule has 0 bridgehead atoms. The van der Waals surface area contributed by atoms with E-state index in [1.807, 2.05) is 31.2 Å². The smallest absolute Gasteiger partial charge is 0.228 e. The van der Waals surface area contributed by atoms with E-state index in [0.29, 0.717) is 16.3 Å². The van der Waals surface area contributed by atoms with Crippen molar-refractivity contribution in [3.8, 4) is 0 Å². The van der Waals surface area contributed by atoms with Crippen LogP contribution in [0.3, 0.4) is 0 Å². The Hall–Kier alpha value is -1.33. The summed E-state index contributed by atoms with van der Waals surface area (Å²) in [5.74, 6) is 0.186. The first-order valence-electron chi connectivity index (χ1n) is 6.05. The normalized spacial score (nSPS) is 10.9. The van der Waals surface area contributed by atoms with Crippen molar-refractivity contribution in [3.05, 3.63) is 67.9 Å². The van der Waals surface area contributed by atoms with Crippen molar-refractivity contribution < 1.29 is 9.21 Å². The van der Waals surface area contributed by atoms with Gasteiger partial charge in [-0.1, -0.05) is 29.8 Å². The van der Waals surface area contributed by atoms with E-state index in [-0.39, 0.29) is 5.78 Å². The summed E-state index contributed by atoms with van der Waals surface area (Å²) in [5.41, 5.74) is 2.31. The molecule has 0 aliphatic rings. The largest absolute Gasteiger partial charge is 0.452 e. The first-order valence-corrected chi connectivity index (χ1v) is 7.51. The van der Waals surface area contributed by atoms with Gasteiger partial charge < -0.3 is 4.42 Å². The molecule has 0 amide bonds. The highest BCUT2D eigenvalue weighted by Gasteiger charge is 2.16. The molecular formula is C16H10ClIO2. The molecule has 4 heteroatoms. The van der Waals surface area contributed by atoms with Crippen LogP contribution in [-0.2, 0) is 0 Å². The molecule has 0 N–H and O–H groups in total. The van der Waals surface area contributed by atoms with Gasteiger partial charge in [-0.25, -0.2) is 0 Å². The van der Waals surface area contributed by atoms with Gasteiger partial charge in [0.1, 0.15) is 5.58 Å². The Balaban J connectivity index is 2.08. The van der Waals surface area contributed by atoms with Gasteiger partial charge in [0.25, 0.3) is 0 Å². The minimum absolute atomic E-state index is 0.154. The van der Waals surface area contributed by atoms with Gasteiger partial charge in [0.05, 0.1) is 5.02 Å². The van der Waals surface area contributed by atoms with Gasteiger partial charge in [-0.05, 0) is 59.3 Å². The average molecular weight is 397 g/mol. The molecule has 3 aromatic rings. The lowest BCUT2D eigenvalue weighted by molar-refractivity contribution is 0.101. The van der Waals surface area contributed by atoms with Crippen LogP contribution in [0.5, 0.6) is 0 Å². The van der Waals surface area contributed by atoms with Gasteiger partial charge in [0, 0.05) is 14.5 Å². The number of furan rings is 1. The van der Waals surface area contributed by atoms with Crippen molar-refractivity contribution in [2.24, 2.45) is 0 Å². The summed E-state index contributed by atoms with van der Waals surface area (Å²) in [7, 11) is 0. The number of ketones is 1. The van der Waals surface area contributed by atoms with Gasteiger partial charge in [-0.3, -0.25) is 4.79 Å². The highest BCUT2D eigenvalue weighted by Crippen LogP contribution is 2.26. The molecule has 1 aromatic heterocycles. The van der Waals surface area contributed by atoms with Crippen LogP contribution in [0.4, 0.5) is 0 Å². The fourth-order valence-electron chi connectivity index (χ4n) is 2.10. The SMILES string of the molecule is Cc1cccc2cc(C(=O)c3ccc(I)c(Cl)c3)oc12. The lowest BCUT2D eigenvalue weighted by Gasteiger charge is -2.00. The third kappa shape index (κ3) is 2.36.